The number of rotatable bonds is 7. The summed E-state index contributed by atoms with van der Waals surface area (Å²) in [5.41, 5.74) is 2.44. The summed E-state index contributed by atoms with van der Waals surface area (Å²) in [4.78, 5) is 40.7. The van der Waals surface area contributed by atoms with Gasteiger partial charge in [0.2, 0.25) is 11.8 Å². The molecular formula is C28H35N5O4. The molecule has 196 valence electrons. The highest BCUT2D eigenvalue weighted by molar-refractivity contribution is 5.99. The van der Waals surface area contributed by atoms with Crippen LogP contribution in [0.2, 0.25) is 0 Å². The Morgan fingerprint density at radius 2 is 1.59 bits per heavy atom. The molecule has 2 aromatic carbocycles. The Labute approximate surface area is 217 Å². The van der Waals surface area contributed by atoms with Gasteiger partial charge in [-0.3, -0.25) is 9.59 Å². The largest absolute Gasteiger partial charge is 0.490 e. The minimum absolute atomic E-state index is 0.0146. The van der Waals surface area contributed by atoms with E-state index in [9.17, 15) is 14.4 Å². The molecule has 37 heavy (non-hydrogen) atoms. The van der Waals surface area contributed by atoms with E-state index in [2.05, 4.69) is 20.9 Å². The first-order valence-electron chi connectivity index (χ1n) is 13.2. The molecule has 9 heteroatoms. The predicted molar refractivity (Wildman–Crippen MR) is 143 cm³/mol. The number of hydrogen-bond acceptors (Lipinski definition) is 5. The molecule has 3 fully saturated rings. The number of nitrogens with one attached hydrogen (secondary N) is 3. The van der Waals surface area contributed by atoms with Gasteiger partial charge in [-0.05, 0) is 87.1 Å². The van der Waals surface area contributed by atoms with E-state index < -0.39 is 6.04 Å². The van der Waals surface area contributed by atoms with Gasteiger partial charge in [0.25, 0.3) is 0 Å². The van der Waals surface area contributed by atoms with Crippen molar-refractivity contribution >= 4 is 34.9 Å². The van der Waals surface area contributed by atoms with Crippen molar-refractivity contribution < 1.29 is 19.1 Å². The molecule has 2 aliphatic heterocycles. The van der Waals surface area contributed by atoms with Crippen LogP contribution < -0.4 is 25.6 Å². The molecule has 1 aliphatic carbocycles. The zero-order chi connectivity index (χ0) is 25.8. The molecule has 2 atom stereocenters. The quantitative estimate of drug-likeness (QED) is 0.529. The van der Waals surface area contributed by atoms with Gasteiger partial charge in [0.05, 0.1) is 12.1 Å². The molecule has 3 N–H and O–H groups in total. The Hall–Kier alpha value is -3.75. The first-order chi connectivity index (χ1) is 17.9. The second kappa shape index (κ2) is 11.1. The molecule has 2 heterocycles. The lowest BCUT2D eigenvalue weighted by Gasteiger charge is -2.27. The second-order valence-corrected chi connectivity index (χ2v) is 10.2. The molecule has 0 spiro atoms. The summed E-state index contributed by atoms with van der Waals surface area (Å²) in [5.74, 6) is 0.766. The molecule has 0 radical (unpaired) electrons. The van der Waals surface area contributed by atoms with Crippen LogP contribution in [-0.2, 0) is 9.59 Å². The maximum absolute atomic E-state index is 12.7. The summed E-state index contributed by atoms with van der Waals surface area (Å²) < 4.78 is 5.98. The lowest BCUT2D eigenvalue weighted by Crippen LogP contribution is -2.47. The van der Waals surface area contributed by atoms with Crippen molar-refractivity contribution in [3.63, 3.8) is 0 Å². The van der Waals surface area contributed by atoms with Crippen LogP contribution in [-0.4, -0.2) is 61.1 Å². The fourth-order valence-electron chi connectivity index (χ4n) is 5.38. The summed E-state index contributed by atoms with van der Waals surface area (Å²) in [6, 6.07) is 14.6. The fraction of sp³-hybridized carbons (Fsp3) is 0.464. The third kappa shape index (κ3) is 6.15. The Morgan fingerprint density at radius 1 is 0.946 bits per heavy atom. The second-order valence-electron chi connectivity index (χ2n) is 10.2. The number of amides is 4. The third-order valence-electron chi connectivity index (χ3n) is 7.56. The van der Waals surface area contributed by atoms with Crippen molar-refractivity contribution in [1.82, 2.24) is 10.2 Å². The smallest absolute Gasteiger partial charge is 0.323 e. The number of carbonyl (C=O) groups excluding carboxylic acids is 3. The minimum Gasteiger partial charge on any atom is -0.490 e. The monoisotopic (exact) mass is 505 g/mol. The molecule has 0 aromatic heterocycles. The molecule has 9 nitrogen and oxygen atoms in total. The molecule has 4 amide bonds. The van der Waals surface area contributed by atoms with Crippen LogP contribution in [0.5, 0.6) is 5.75 Å². The van der Waals surface area contributed by atoms with E-state index in [1.54, 1.807) is 4.90 Å². The first-order valence-corrected chi connectivity index (χ1v) is 13.2. The highest BCUT2D eigenvalue weighted by atomic mass is 16.5. The van der Waals surface area contributed by atoms with Crippen molar-refractivity contribution in [2.24, 2.45) is 0 Å². The number of nitrogens with zero attached hydrogens (tertiary/aromatic N) is 2. The van der Waals surface area contributed by atoms with Gasteiger partial charge < -0.3 is 30.5 Å². The molecule has 1 unspecified atom stereocenters. The number of anilines is 3. The van der Waals surface area contributed by atoms with Crippen LogP contribution in [0.15, 0.2) is 48.5 Å². The van der Waals surface area contributed by atoms with Gasteiger partial charge in [-0.1, -0.05) is 0 Å². The van der Waals surface area contributed by atoms with Crippen molar-refractivity contribution in [2.45, 2.75) is 63.1 Å². The van der Waals surface area contributed by atoms with Crippen LogP contribution in [0.25, 0.3) is 0 Å². The third-order valence-corrected chi connectivity index (χ3v) is 7.56. The molecule has 5 rings (SSSR count). The van der Waals surface area contributed by atoms with E-state index in [0.717, 1.165) is 43.8 Å². The Kier molecular flexibility index (Phi) is 7.48. The number of benzene rings is 2. The summed E-state index contributed by atoms with van der Waals surface area (Å²) >= 11 is 0. The highest BCUT2D eigenvalue weighted by Gasteiger charge is 2.34. The molecular weight excluding hydrogens is 470 g/mol. The highest BCUT2D eigenvalue weighted by Crippen LogP contribution is 2.26. The van der Waals surface area contributed by atoms with Gasteiger partial charge in [-0.2, -0.15) is 0 Å². The average Bonchev–Trinajstić information content (AvgIpc) is 3.67. The summed E-state index contributed by atoms with van der Waals surface area (Å²) in [6.07, 6.45) is 6.84. The zero-order valence-electron chi connectivity index (χ0n) is 21.2. The van der Waals surface area contributed by atoms with Crippen LogP contribution in [0, 0.1) is 0 Å². The average molecular weight is 506 g/mol. The van der Waals surface area contributed by atoms with E-state index in [4.69, 9.17) is 4.74 Å². The van der Waals surface area contributed by atoms with Gasteiger partial charge in [0.15, 0.2) is 0 Å². The Balaban J connectivity index is 1.09. The SMILES string of the molecule is CN(C(=O)C1CCC(=O)N1)[C@@H]1CCN(c2ccc(NC(=O)Nc3ccc(OC4CCCC4)cc3)cc2)C1. The van der Waals surface area contributed by atoms with Gasteiger partial charge in [0, 0.05) is 43.6 Å². The minimum atomic E-state index is -0.397. The van der Waals surface area contributed by atoms with E-state index in [0.29, 0.717) is 30.3 Å². The Bertz CT molecular complexity index is 1110. The van der Waals surface area contributed by atoms with Crippen LogP contribution in [0.3, 0.4) is 0 Å². The van der Waals surface area contributed by atoms with Crippen molar-refractivity contribution in [3.8, 4) is 5.75 Å². The normalized spacial score (nSPS) is 21.5. The molecule has 1 saturated carbocycles. The van der Waals surface area contributed by atoms with Gasteiger partial charge in [-0.25, -0.2) is 4.79 Å². The maximum Gasteiger partial charge on any atom is 0.323 e. The van der Waals surface area contributed by atoms with E-state index in [1.807, 2.05) is 55.6 Å². The van der Waals surface area contributed by atoms with E-state index in [1.165, 1.54) is 12.8 Å². The maximum atomic E-state index is 12.7. The first kappa shape index (κ1) is 24.9. The molecule has 2 saturated heterocycles. The number of hydrogen-bond donors (Lipinski definition) is 3. The topological polar surface area (TPSA) is 103 Å². The fourth-order valence-corrected chi connectivity index (χ4v) is 5.38. The summed E-state index contributed by atoms with van der Waals surface area (Å²) in [6.45, 7) is 1.57. The van der Waals surface area contributed by atoms with Crippen molar-refractivity contribution in [1.29, 1.82) is 0 Å². The van der Waals surface area contributed by atoms with Crippen LogP contribution in [0.4, 0.5) is 21.9 Å². The van der Waals surface area contributed by atoms with Crippen molar-refractivity contribution in [3.05, 3.63) is 48.5 Å². The standard InChI is InChI=1S/C28H35N5O4/c1-32(27(35)25-14-15-26(34)31-25)22-16-17-33(18-22)21-10-6-19(7-11-21)29-28(36)30-20-8-12-24(13-9-20)37-23-4-2-3-5-23/h6-13,22-23,25H,2-5,14-18H2,1H3,(H,31,34)(H2,29,30,36)/t22-,25?/m1/s1. The molecule has 2 aromatic rings. The number of urea groups is 1. The number of carbonyl (C=O) groups is 3. The van der Waals surface area contributed by atoms with Gasteiger partial charge in [-0.15, -0.1) is 0 Å². The van der Waals surface area contributed by atoms with Gasteiger partial charge >= 0.3 is 6.03 Å². The van der Waals surface area contributed by atoms with Crippen LogP contribution >= 0.6 is 0 Å². The van der Waals surface area contributed by atoms with Crippen LogP contribution in [0.1, 0.15) is 44.9 Å². The zero-order valence-corrected chi connectivity index (χ0v) is 21.2. The lowest BCUT2D eigenvalue weighted by molar-refractivity contribution is -0.134. The number of ether oxygens (including phenoxy) is 1. The van der Waals surface area contributed by atoms with Crippen molar-refractivity contribution in [2.75, 3.05) is 35.7 Å². The van der Waals surface area contributed by atoms with Gasteiger partial charge in [0.1, 0.15) is 11.8 Å². The Morgan fingerprint density at radius 3 is 2.22 bits per heavy atom. The lowest BCUT2D eigenvalue weighted by atomic mass is 10.1. The summed E-state index contributed by atoms with van der Waals surface area (Å²) in [5, 5.41) is 8.49. The summed E-state index contributed by atoms with van der Waals surface area (Å²) in [7, 11) is 1.82. The van der Waals surface area contributed by atoms with E-state index in [-0.39, 0.29) is 23.9 Å². The van der Waals surface area contributed by atoms with E-state index >= 15 is 0 Å². The molecule has 3 aliphatic rings. The number of likely N-dealkylation sites (N-methyl/N-ethyl adjacent to an activating group) is 1. The predicted octanol–water partition coefficient (Wildman–Crippen LogP) is 3.97. The molecule has 0 bridgehead atoms.